The molecule has 0 saturated carbocycles. The van der Waals surface area contributed by atoms with Crippen LogP contribution in [0.3, 0.4) is 0 Å². The predicted octanol–water partition coefficient (Wildman–Crippen LogP) is 4.54. The van der Waals surface area contributed by atoms with E-state index in [9.17, 15) is 22.0 Å². The van der Waals surface area contributed by atoms with Crippen molar-refractivity contribution in [1.82, 2.24) is 4.98 Å². The van der Waals surface area contributed by atoms with Gasteiger partial charge in [-0.05, 0) is 22.0 Å². The number of hydrogen-bond acceptors (Lipinski definition) is 1. The summed E-state index contributed by atoms with van der Waals surface area (Å²) in [6.07, 6.45) is -7.80. The Kier molecular flexibility index (Phi) is 4.12. The molecule has 0 aromatic carbocycles. The van der Waals surface area contributed by atoms with Gasteiger partial charge < -0.3 is 0 Å². The highest BCUT2D eigenvalue weighted by Gasteiger charge is 2.34. The van der Waals surface area contributed by atoms with Crippen LogP contribution < -0.4 is 0 Å². The smallest absolute Gasteiger partial charge is 0.236 e. The lowest BCUT2D eigenvalue weighted by Crippen LogP contribution is -2.11. The molecule has 0 bridgehead atoms. The zero-order chi connectivity index (χ0) is 12.5. The minimum Gasteiger partial charge on any atom is -0.236 e. The average molecular weight is 324 g/mol. The van der Waals surface area contributed by atoms with Crippen LogP contribution in [-0.2, 0) is 12.1 Å². The summed E-state index contributed by atoms with van der Waals surface area (Å²) in [7, 11) is 0. The Morgan fingerprint density at radius 2 is 1.94 bits per heavy atom. The first-order chi connectivity index (χ1) is 7.27. The van der Waals surface area contributed by atoms with E-state index in [4.69, 9.17) is 11.6 Å². The second kappa shape index (κ2) is 4.83. The van der Waals surface area contributed by atoms with Crippen LogP contribution in [0.4, 0.5) is 22.0 Å². The predicted molar refractivity (Wildman–Crippen MR) is 51.5 cm³/mol. The van der Waals surface area contributed by atoms with Gasteiger partial charge in [0.05, 0.1) is 5.88 Å². The summed E-state index contributed by atoms with van der Waals surface area (Å²) in [5, 5.41) is 0. The van der Waals surface area contributed by atoms with Gasteiger partial charge in [0.2, 0.25) is 0 Å². The molecule has 1 aromatic heterocycles. The van der Waals surface area contributed by atoms with Crippen molar-refractivity contribution in [3.8, 4) is 0 Å². The highest BCUT2D eigenvalue weighted by atomic mass is 79.9. The van der Waals surface area contributed by atoms with Gasteiger partial charge in [-0.15, -0.1) is 11.6 Å². The van der Waals surface area contributed by atoms with Gasteiger partial charge in [-0.1, -0.05) is 0 Å². The maximum atomic E-state index is 12.5. The molecule has 90 valence electrons. The average Bonchev–Trinajstić information content (AvgIpc) is 2.14. The SMILES string of the molecule is FC(F)c1cc(C(F)(F)F)nc(Br)c1CCl. The van der Waals surface area contributed by atoms with E-state index < -0.39 is 23.9 Å². The zero-order valence-corrected chi connectivity index (χ0v) is 9.80. The third kappa shape index (κ3) is 2.82. The van der Waals surface area contributed by atoms with Crippen molar-refractivity contribution in [1.29, 1.82) is 0 Å². The second-order valence-electron chi connectivity index (χ2n) is 2.80. The molecular weight excluding hydrogens is 320 g/mol. The molecule has 0 atom stereocenters. The van der Waals surface area contributed by atoms with Crippen molar-refractivity contribution >= 4 is 27.5 Å². The first-order valence-electron chi connectivity index (χ1n) is 3.88. The number of nitrogens with zero attached hydrogens (tertiary/aromatic N) is 1. The van der Waals surface area contributed by atoms with Crippen LogP contribution in [0, 0.1) is 0 Å². The van der Waals surface area contributed by atoms with E-state index in [1.807, 2.05) is 0 Å². The Labute approximate surface area is 101 Å². The normalized spacial score (nSPS) is 12.2. The third-order valence-electron chi connectivity index (χ3n) is 1.77. The zero-order valence-electron chi connectivity index (χ0n) is 7.45. The topological polar surface area (TPSA) is 12.9 Å². The summed E-state index contributed by atoms with van der Waals surface area (Å²) >= 11 is 8.05. The maximum Gasteiger partial charge on any atom is 0.433 e. The molecule has 0 saturated heterocycles. The first-order valence-corrected chi connectivity index (χ1v) is 5.20. The Hall–Kier alpha value is -0.430. The third-order valence-corrected chi connectivity index (χ3v) is 2.69. The molecule has 0 spiro atoms. The summed E-state index contributed by atoms with van der Waals surface area (Å²) in [6.45, 7) is 0. The van der Waals surface area contributed by atoms with E-state index in [-0.39, 0.29) is 16.0 Å². The molecule has 0 aliphatic heterocycles. The fourth-order valence-corrected chi connectivity index (χ4v) is 2.03. The second-order valence-corrected chi connectivity index (χ2v) is 3.82. The Bertz CT molecular complexity index is 393. The van der Waals surface area contributed by atoms with Gasteiger partial charge >= 0.3 is 6.18 Å². The molecule has 1 nitrogen and oxygen atoms in total. The Balaban J connectivity index is 3.40. The molecule has 16 heavy (non-hydrogen) atoms. The molecule has 1 aromatic rings. The highest BCUT2D eigenvalue weighted by Crippen LogP contribution is 2.35. The van der Waals surface area contributed by atoms with Crippen LogP contribution in [0.5, 0.6) is 0 Å². The van der Waals surface area contributed by atoms with E-state index in [2.05, 4.69) is 20.9 Å². The van der Waals surface area contributed by atoms with E-state index in [1.165, 1.54) is 0 Å². The molecule has 0 N–H and O–H groups in total. The molecule has 0 fully saturated rings. The molecule has 0 amide bonds. The van der Waals surface area contributed by atoms with Gasteiger partial charge in [0.15, 0.2) is 0 Å². The summed E-state index contributed by atoms with van der Waals surface area (Å²) in [5.41, 5.74) is -2.27. The molecule has 0 radical (unpaired) electrons. The fourth-order valence-electron chi connectivity index (χ4n) is 1.03. The molecule has 0 aliphatic carbocycles. The first kappa shape index (κ1) is 13.6. The van der Waals surface area contributed by atoms with Gasteiger partial charge in [-0.25, -0.2) is 13.8 Å². The molecule has 1 rings (SSSR count). The molecule has 0 unspecified atom stereocenters. The lowest BCUT2D eigenvalue weighted by molar-refractivity contribution is -0.141. The number of halogens is 7. The van der Waals surface area contributed by atoms with Gasteiger partial charge in [0.1, 0.15) is 10.3 Å². The number of hydrogen-bond donors (Lipinski definition) is 0. The van der Waals surface area contributed by atoms with Crippen molar-refractivity contribution in [2.45, 2.75) is 18.5 Å². The summed E-state index contributed by atoms with van der Waals surface area (Å²) in [5.74, 6) is -0.342. The minimum absolute atomic E-state index is 0.135. The Morgan fingerprint density at radius 3 is 2.31 bits per heavy atom. The largest absolute Gasteiger partial charge is 0.433 e. The number of pyridine rings is 1. The number of alkyl halides is 6. The summed E-state index contributed by atoms with van der Waals surface area (Å²) in [4.78, 5) is 3.13. The quantitative estimate of drug-likeness (QED) is 0.442. The fraction of sp³-hybridized carbons (Fsp3) is 0.375. The van der Waals surface area contributed by atoms with E-state index in [0.717, 1.165) is 0 Å². The van der Waals surface area contributed by atoms with Crippen LogP contribution in [0.1, 0.15) is 23.2 Å². The Morgan fingerprint density at radius 1 is 1.38 bits per heavy atom. The van der Waals surface area contributed by atoms with Gasteiger partial charge in [0.25, 0.3) is 6.43 Å². The molecule has 1 heterocycles. The van der Waals surface area contributed by atoms with Crippen LogP contribution >= 0.6 is 27.5 Å². The molecule has 8 heteroatoms. The minimum atomic E-state index is -4.77. The van der Waals surface area contributed by atoms with Crippen LogP contribution in [0.25, 0.3) is 0 Å². The standard InChI is InChI=1S/C8H4BrClF5N/c9-6-4(2-10)3(7(11)12)1-5(16-6)8(13,14)15/h1,7H,2H2. The monoisotopic (exact) mass is 323 g/mol. The van der Waals surface area contributed by atoms with E-state index >= 15 is 0 Å². The van der Waals surface area contributed by atoms with Crippen molar-refractivity contribution in [3.05, 3.63) is 27.5 Å². The molecule has 0 aliphatic rings. The maximum absolute atomic E-state index is 12.5. The van der Waals surface area contributed by atoms with Crippen molar-refractivity contribution in [2.75, 3.05) is 0 Å². The van der Waals surface area contributed by atoms with Crippen LogP contribution in [0.2, 0.25) is 0 Å². The summed E-state index contributed by atoms with van der Waals surface area (Å²) < 4.78 is 61.5. The van der Waals surface area contributed by atoms with E-state index in [1.54, 1.807) is 0 Å². The van der Waals surface area contributed by atoms with Gasteiger partial charge in [-0.2, -0.15) is 13.2 Å². The number of rotatable bonds is 2. The van der Waals surface area contributed by atoms with Crippen molar-refractivity contribution < 1.29 is 22.0 Å². The lowest BCUT2D eigenvalue weighted by atomic mass is 10.1. The number of aromatic nitrogens is 1. The van der Waals surface area contributed by atoms with E-state index in [0.29, 0.717) is 6.07 Å². The van der Waals surface area contributed by atoms with Crippen molar-refractivity contribution in [2.24, 2.45) is 0 Å². The summed E-state index contributed by atoms with van der Waals surface area (Å²) in [6, 6.07) is 0.313. The lowest BCUT2D eigenvalue weighted by Gasteiger charge is -2.12. The highest BCUT2D eigenvalue weighted by molar-refractivity contribution is 9.10. The van der Waals surface area contributed by atoms with Crippen molar-refractivity contribution in [3.63, 3.8) is 0 Å². The van der Waals surface area contributed by atoms with Gasteiger partial charge in [-0.3, -0.25) is 0 Å². The molecular formula is C8H4BrClF5N. The van der Waals surface area contributed by atoms with Crippen LogP contribution in [-0.4, -0.2) is 4.98 Å². The van der Waals surface area contributed by atoms with Crippen LogP contribution in [0.15, 0.2) is 10.7 Å². The van der Waals surface area contributed by atoms with Gasteiger partial charge in [0, 0.05) is 11.1 Å².